The second kappa shape index (κ2) is 11.3. The van der Waals surface area contributed by atoms with Crippen LogP contribution in [0, 0.1) is 5.82 Å². The van der Waals surface area contributed by atoms with Crippen LogP contribution in [0.25, 0.3) is 10.2 Å². The third-order valence-electron chi connectivity index (χ3n) is 5.31. The van der Waals surface area contributed by atoms with E-state index in [1.165, 1.54) is 29.0 Å². The first kappa shape index (κ1) is 23.3. The van der Waals surface area contributed by atoms with Crippen LogP contribution in [-0.2, 0) is 23.4 Å². The van der Waals surface area contributed by atoms with Gasteiger partial charge in [-0.1, -0.05) is 0 Å². The summed E-state index contributed by atoms with van der Waals surface area (Å²) in [7, 11) is 0. The van der Waals surface area contributed by atoms with Crippen molar-refractivity contribution in [1.82, 2.24) is 15.3 Å². The molecule has 2 N–H and O–H groups in total. The van der Waals surface area contributed by atoms with Crippen molar-refractivity contribution in [2.75, 3.05) is 18.1 Å². The summed E-state index contributed by atoms with van der Waals surface area (Å²) in [5, 5.41) is 3.73. The lowest BCUT2D eigenvalue weighted by molar-refractivity contribution is -0.120. The van der Waals surface area contributed by atoms with Gasteiger partial charge in [-0.05, 0) is 67.7 Å². The Morgan fingerprint density at radius 3 is 2.84 bits per heavy atom. The Morgan fingerprint density at radius 2 is 2.00 bits per heavy atom. The molecule has 170 valence electrons. The number of H-pyrrole nitrogens is 1. The van der Waals surface area contributed by atoms with E-state index in [-0.39, 0.29) is 17.3 Å². The summed E-state index contributed by atoms with van der Waals surface area (Å²) in [5.41, 5.74) is 1.18. The SMILES string of the molecule is O=C(CCSCc1nc2sc3c(c2c(=O)[nH]1)CCCC3)NCCCSc1ccc(F)cc1. The molecule has 0 bridgehead atoms. The lowest BCUT2D eigenvalue weighted by Gasteiger charge is -2.09. The molecule has 2 heterocycles. The van der Waals surface area contributed by atoms with Crippen LogP contribution in [0.4, 0.5) is 4.39 Å². The molecule has 3 aromatic rings. The van der Waals surface area contributed by atoms with Gasteiger partial charge < -0.3 is 10.3 Å². The molecule has 4 rings (SSSR count). The summed E-state index contributed by atoms with van der Waals surface area (Å²) >= 11 is 4.92. The average molecular weight is 492 g/mol. The molecule has 0 fully saturated rings. The van der Waals surface area contributed by atoms with Crippen molar-refractivity contribution in [3.8, 4) is 0 Å². The number of nitrogens with zero attached hydrogens (tertiary/aromatic N) is 1. The number of amides is 1. The number of aromatic amines is 1. The maximum absolute atomic E-state index is 12.9. The Morgan fingerprint density at radius 1 is 1.19 bits per heavy atom. The minimum absolute atomic E-state index is 0.0266. The highest BCUT2D eigenvalue weighted by atomic mass is 32.2. The van der Waals surface area contributed by atoms with Gasteiger partial charge in [0.05, 0.1) is 11.1 Å². The molecule has 32 heavy (non-hydrogen) atoms. The second-order valence-corrected chi connectivity index (χ2v) is 11.1. The van der Waals surface area contributed by atoms with E-state index in [1.54, 1.807) is 47.0 Å². The molecule has 5 nitrogen and oxygen atoms in total. The molecule has 1 aromatic carbocycles. The van der Waals surface area contributed by atoms with E-state index in [1.807, 2.05) is 0 Å². The maximum atomic E-state index is 12.9. The lowest BCUT2D eigenvalue weighted by Crippen LogP contribution is -2.25. The minimum Gasteiger partial charge on any atom is -0.356 e. The van der Waals surface area contributed by atoms with Crippen molar-refractivity contribution >= 4 is 51.0 Å². The van der Waals surface area contributed by atoms with Crippen molar-refractivity contribution in [2.24, 2.45) is 0 Å². The number of halogens is 1. The highest BCUT2D eigenvalue weighted by molar-refractivity contribution is 7.99. The number of benzene rings is 1. The number of hydrogen-bond acceptors (Lipinski definition) is 6. The molecular formula is C23H26FN3O2S3. The Balaban J connectivity index is 1.14. The highest BCUT2D eigenvalue weighted by Gasteiger charge is 2.19. The third-order valence-corrected chi connectivity index (χ3v) is 8.57. The molecule has 1 aliphatic rings. The highest BCUT2D eigenvalue weighted by Crippen LogP contribution is 2.33. The fourth-order valence-corrected chi connectivity index (χ4v) is 6.66. The van der Waals surface area contributed by atoms with Crippen LogP contribution < -0.4 is 10.9 Å². The molecule has 0 radical (unpaired) electrons. The van der Waals surface area contributed by atoms with Gasteiger partial charge in [0.25, 0.3) is 5.56 Å². The van der Waals surface area contributed by atoms with Crippen molar-refractivity contribution < 1.29 is 9.18 Å². The number of rotatable bonds is 10. The summed E-state index contributed by atoms with van der Waals surface area (Å²) < 4.78 is 12.9. The molecule has 1 aliphatic carbocycles. The van der Waals surface area contributed by atoms with E-state index >= 15 is 0 Å². The van der Waals surface area contributed by atoms with Crippen LogP contribution in [0.3, 0.4) is 0 Å². The van der Waals surface area contributed by atoms with E-state index < -0.39 is 0 Å². The molecule has 1 amide bonds. The van der Waals surface area contributed by atoms with Crippen LogP contribution in [0.5, 0.6) is 0 Å². The zero-order valence-electron chi connectivity index (χ0n) is 17.7. The van der Waals surface area contributed by atoms with Crippen LogP contribution >= 0.6 is 34.9 Å². The molecule has 0 atom stereocenters. The molecule has 9 heteroatoms. The van der Waals surface area contributed by atoms with Gasteiger partial charge in [0.15, 0.2) is 0 Å². The fraction of sp³-hybridized carbons (Fsp3) is 0.435. The van der Waals surface area contributed by atoms with E-state index in [9.17, 15) is 14.0 Å². The lowest BCUT2D eigenvalue weighted by atomic mass is 9.97. The van der Waals surface area contributed by atoms with Crippen molar-refractivity contribution in [2.45, 2.75) is 49.2 Å². The predicted octanol–water partition coefficient (Wildman–Crippen LogP) is 4.92. The van der Waals surface area contributed by atoms with Crippen LogP contribution in [-0.4, -0.2) is 33.9 Å². The molecule has 0 saturated carbocycles. The number of aromatic nitrogens is 2. The van der Waals surface area contributed by atoms with Gasteiger partial charge in [-0.3, -0.25) is 9.59 Å². The van der Waals surface area contributed by atoms with Gasteiger partial charge in [0.2, 0.25) is 5.91 Å². The summed E-state index contributed by atoms with van der Waals surface area (Å²) in [6.07, 6.45) is 5.67. The Labute approximate surface area is 199 Å². The maximum Gasteiger partial charge on any atom is 0.259 e. The Hall–Kier alpha value is -1.84. The summed E-state index contributed by atoms with van der Waals surface area (Å²) in [6.45, 7) is 0.631. The number of carbonyl (C=O) groups is 1. The first-order chi connectivity index (χ1) is 15.6. The van der Waals surface area contributed by atoms with Crippen molar-refractivity contribution in [1.29, 1.82) is 0 Å². The monoisotopic (exact) mass is 491 g/mol. The third kappa shape index (κ3) is 6.14. The summed E-state index contributed by atoms with van der Waals surface area (Å²) in [6, 6.07) is 6.45. The average Bonchev–Trinajstić information content (AvgIpc) is 3.16. The van der Waals surface area contributed by atoms with E-state index in [0.29, 0.717) is 30.3 Å². The molecule has 0 saturated heterocycles. The van der Waals surface area contributed by atoms with Gasteiger partial charge in [0.1, 0.15) is 16.5 Å². The number of hydrogen-bond donors (Lipinski definition) is 2. The predicted molar refractivity (Wildman–Crippen MR) is 132 cm³/mol. The number of carbonyl (C=O) groups excluding carboxylic acids is 1. The van der Waals surface area contributed by atoms with Gasteiger partial charge >= 0.3 is 0 Å². The fourth-order valence-electron chi connectivity index (χ4n) is 3.72. The summed E-state index contributed by atoms with van der Waals surface area (Å²) in [4.78, 5) is 35.4. The van der Waals surface area contributed by atoms with E-state index in [0.717, 1.165) is 46.5 Å². The smallest absolute Gasteiger partial charge is 0.259 e. The number of thiophene rings is 1. The van der Waals surface area contributed by atoms with Gasteiger partial charge in [-0.15, -0.1) is 23.1 Å². The number of nitrogens with one attached hydrogen (secondary N) is 2. The zero-order chi connectivity index (χ0) is 22.3. The molecule has 0 spiro atoms. The summed E-state index contributed by atoms with van der Waals surface area (Å²) in [5.74, 6) is 2.63. The first-order valence-electron chi connectivity index (χ1n) is 10.9. The van der Waals surface area contributed by atoms with Crippen molar-refractivity contribution in [3.05, 3.63) is 56.7 Å². The molecule has 0 unspecified atom stereocenters. The van der Waals surface area contributed by atoms with Gasteiger partial charge in [0, 0.05) is 28.5 Å². The first-order valence-corrected chi connectivity index (χ1v) is 13.8. The molecule has 2 aromatic heterocycles. The largest absolute Gasteiger partial charge is 0.356 e. The standard InChI is InChI=1S/C23H26FN3O2S3/c24-15-6-8-16(9-7-15)31-12-3-11-25-20(28)10-13-30-14-19-26-22(29)21-17-4-1-2-5-18(17)32-23(21)27-19/h6-9H,1-5,10-14H2,(H,25,28)(H,26,27,29). The van der Waals surface area contributed by atoms with Crippen LogP contribution in [0.1, 0.15) is 41.9 Å². The molecular weight excluding hydrogens is 465 g/mol. The number of aryl methyl sites for hydroxylation is 2. The molecule has 0 aliphatic heterocycles. The zero-order valence-corrected chi connectivity index (χ0v) is 20.2. The second-order valence-electron chi connectivity index (χ2n) is 7.71. The van der Waals surface area contributed by atoms with E-state index in [4.69, 9.17) is 0 Å². The van der Waals surface area contributed by atoms with Crippen LogP contribution in [0.2, 0.25) is 0 Å². The van der Waals surface area contributed by atoms with Crippen LogP contribution in [0.15, 0.2) is 34.0 Å². The number of fused-ring (bicyclic) bond motifs is 3. The van der Waals surface area contributed by atoms with E-state index in [2.05, 4.69) is 15.3 Å². The quantitative estimate of drug-likeness (QED) is 0.311. The normalized spacial score (nSPS) is 13.3. The number of thioether (sulfide) groups is 2. The Bertz CT molecular complexity index is 1130. The Kier molecular flexibility index (Phi) is 8.26. The van der Waals surface area contributed by atoms with Gasteiger partial charge in [-0.25, -0.2) is 9.37 Å². The van der Waals surface area contributed by atoms with Gasteiger partial charge in [-0.2, -0.15) is 11.8 Å². The minimum atomic E-state index is -0.229. The van der Waals surface area contributed by atoms with Crippen molar-refractivity contribution in [3.63, 3.8) is 0 Å². The topological polar surface area (TPSA) is 74.8 Å².